The number of hydrogen-bond acceptors (Lipinski definition) is 4. The van der Waals surface area contributed by atoms with E-state index in [9.17, 15) is 4.79 Å². The van der Waals surface area contributed by atoms with Gasteiger partial charge in [0.2, 0.25) is 0 Å². The van der Waals surface area contributed by atoms with Gasteiger partial charge in [-0.15, -0.1) is 0 Å². The third-order valence-corrected chi connectivity index (χ3v) is 2.97. The van der Waals surface area contributed by atoms with Crippen LogP contribution in [-0.2, 0) is 0 Å². The zero-order valence-corrected chi connectivity index (χ0v) is 11.9. The fourth-order valence-corrected chi connectivity index (χ4v) is 1.59. The number of amides is 1. The quantitative estimate of drug-likeness (QED) is 0.194. The molecule has 1 rings (SSSR count). The van der Waals surface area contributed by atoms with E-state index in [2.05, 4.69) is 15.8 Å². The van der Waals surface area contributed by atoms with Crippen molar-refractivity contribution in [3.8, 4) is 0 Å². The molecule has 1 aromatic rings. The van der Waals surface area contributed by atoms with Gasteiger partial charge < -0.3 is 21.6 Å². The molecular formula is C14H22N4O2. The summed E-state index contributed by atoms with van der Waals surface area (Å²) in [6.45, 7) is 5.58. The zero-order valence-electron chi connectivity index (χ0n) is 11.9. The number of nitrogens with two attached hydrogens (primary N) is 1. The number of benzene rings is 1. The lowest BCUT2D eigenvalue weighted by atomic mass is 10.1. The van der Waals surface area contributed by atoms with Crippen LogP contribution in [0.1, 0.15) is 22.8 Å². The van der Waals surface area contributed by atoms with Gasteiger partial charge >= 0.3 is 0 Å². The number of nitrogens with one attached hydrogen (secondary N) is 2. The van der Waals surface area contributed by atoms with E-state index in [4.69, 9.17) is 10.9 Å². The molecule has 0 radical (unpaired) electrons. The van der Waals surface area contributed by atoms with Crippen molar-refractivity contribution in [3.63, 3.8) is 0 Å². The minimum atomic E-state index is -0.0868. The molecule has 0 heterocycles. The number of aryl methyl sites for hydroxylation is 1. The van der Waals surface area contributed by atoms with Gasteiger partial charge in [-0.05, 0) is 19.1 Å². The fourth-order valence-electron chi connectivity index (χ4n) is 1.59. The average molecular weight is 278 g/mol. The lowest BCUT2D eigenvalue weighted by Gasteiger charge is -2.11. The van der Waals surface area contributed by atoms with Gasteiger partial charge in [-0.25, -0.2) is 0 Å². The van der Waals surface area contributed by atoms with Crippen LogP contribution in [0.3, 0.4) is 0 Å². The van der Waals surface area contributed by atoms with Crippen molar-refractivity contribution in [1.82, 2.24) is 10.6 Å². The van der Waals surface area contributed by atoms with Crippen molar-refractivity contribution in [3.05, 3.63) is 35.4 Å². The molecule has 110 valence electrons. The van der Waals surface area contributed by atoms with E-state index in [1.54, 1.807) is 12.1 Å². The molecule has 1 amide bonds. The van der Waals surface area contributed by atoms with Crippen LogP contribution in [0.4, 0.5) is 0 Å². The first kappa shape index (κ1) is 16.0. The first-order valence-corrected chi connectivity index (χ1v) is 6.57. The Balaban J connectivity index is 2.21. The van der Waals surface area contributed by atoms with Crippen LogP contribution < -0.4 is 16.4 Å². The van der Waals surface area contributed by atoms with Gasteiger partial charge in [0.05, 0.1) is 0 Å². The number of carbonyl (C=O) groups is 1. The highest BCUT2D eigenvalue weighted by Gasteiger charge is 2.07. The first-order chi connectivity index (χ1) is 9.54. The Morgan fingerprint density at radius 3 is 2.60 bits per heavy atom. The van der Waals surface area contributed by atoms with Gasteiger partial charge in [-0.1, -0.05) is 29.8 Å². The Hall–Kier alpha value is -2.08. The molecular weight excluding hydrogens is 256 g/mol. The summed E-state index contributed by atoms with van der Waals surface area (Å²) in [6.07, 6.45) is 0. The molecule has 0 aliphatic carbocycles. The molecule has 6 nitrogen and oxygen atoms in total. The van der Waals surface area contributed by atoms with Gasteiger partial charge in [0, 0.05) is 31.1 Å². The smallest absolute Gasteiger partial charge is 0.251 e. The monoisotopic (exact) mass is 278 g/mol. The lowest BCUT2D eigenvalue weighted by molar-refractivity contribution is 0.0954. The Bertz CT molecular complexity index is 457. The van der Waals surface area contributed by atoms with E-state index in [-0.39, 0.29) is 17.7 Å². The van der Waals surface area contributed by atoms with E-state index in [0.29, 0.717) is 25.2 Å². The van der Waals surface area contributed by atoms with Crippen molar-refractivity contribution >= 4 is 11.7 Å². The van der Waals surface area contributed by atoms with Crippen LogP contribution >= 0.6 is 0 Å². The molecule has 0 saturated carbocycles. The molecule has 1 atom stereocenters. The number of hydrogen-bond donors (Lipinski definition) is 4. The molecule has 0 bridgehead atoms. The summed E-state index contributed by atoms with van der Waals surface area (Å²) in [6, 6.07) is 7.43. The van der Waals surface area contributed by atoms with Crippen LogP contribution in [0.25, 0.3) is 0 Å². The van der Waals surface area contributed by atoms with Crippen molar-refractivity contribution in [2.75, 3.05) is 19.6 Å². The van der Waals surface area contributed by atoms with Gasteiger partial charge in [-0.3, -0.25) is 4.79 Å². The molecule has 20 heavy (non-hydrogen) atoms. The average Bonchev–Trinajstić information content (AvgIpc) is 2.46. The third-order valence-electron chi connectivity index (χ3n) is 2.97. The maximum Gasteiger partial charge on any atom is 0.251 e. The van der Waals surface area contributed by atoms with Crippen LogP contribution in [0.2, 0.25) is 0 Å². The Labute approximate surface area is 119 Å². The number of rotatable bonds is 7. The minimum absolute atomic E-state index is 0.0483. The molecule has 5 N–H and O–H groups in total. The van der Waals surface area contributed by atoms with Crippen LogP contribution in [0.15, 0.2) is 29.4 Å². The van der Waals surface area contributed by atoms with Crippen molar-refractivity contribution in [1.29, 1.82) is 0 Å². The largest absolute Gasteiger partial charge is 0.409 e. The Morgan fingerprint density at radius 2 is 2.00 bits per heavy atom. The fraction of sp³-hybridized carbons (Fsp3) is 0.429. The highest BCUT2D eigenvalue weighted by Crippen LogP contribution is 2.02. The maximum absolute atomic E-state index is 11.8. The summed E-state index contributed by atoms with van der Waals surface area (Å²) < 4.78 is 0. The van der Waals surface area contributed by atoms with Crippen molar-refractivity contribution in [2.24, 2.45) is 16.8 Å². The number of oxime groups is 1. The van der Waals surface area contributed by atoms with Gasteiger partial charge in [-0.2, -0.15) is 0 Å². The van der Waals surface area contributed by atoms with Gasteiger partial charge in [0.15, 0.2) is 0 Å². The predicted octanol–water partition coefficient (Wildman–Crippen LogP) is 0.697. The van der Waals surface area contributed by atoms with E-state index < -0.39 is 0 Å². The number of nitrogens with zero attached hydrogens (tertiary/aromatic N) is 1. The molecule has 1 unspecified atom stereocenters. The Kier molecular flexibility index (Phi) is 6.52. The van der Waals surface area contributed by atoms with Crippen LogP contribution in [0.5, 0.6) is 0 Å². The highest BCUT2D eigenvalue weighted by molar-refractivity contribution is 5.94. The molecule has 0 spiro atoms. The summed E-state index contributed by atoms with van der Waals surface area (Å²) in [5.41, 5.74) is 7.24. The standard InChI is InChI=1S/C14H22N4O2/c1-10-3-5-12(6-4-10)14(19)17-8-7-16-9-11(2)13(15)18-20/h3-6,11,16,20H,7-9H2,1-2H3,(H2,15,18)(H,17,19). The summed E-state index contributed by atoms with van der Waals surface area (Å²) in [5.74, 6) is 0.0604. The number of carbonyl (C=O) groups excluding carboxylic acids is 1. The van der Waals surface area contributed by atoms with Gasteiger partial charge in [0.25, 0.3) is 5.91 Å². The molecule has 0 aliphatic rings. The summed E-state index contributed by atoms with van der Waals surface area (Å²) >= 11 is 0. The third kappa shape index (κ3) is 5.27. The molecule has 6 heteroatoms. The van der Waals surface area contributed by atoms with E-state index in [1.165, 1.54) is 0 Å². The predicted molar refractivity (Wildman–Crippen MR) is 79.0 cm³/mol. The van der Waals surface area contributed by atoms with E-state index in [1.807, 2.05) is 26.0 Å². The van der Waals surface area contributed by atoms with Crippen LogP contribution in [0, 0.1) is 12.8 Å². The molecule has 0 saturated heterocycles. The van der Waals surface area contributed by atoms with Crippen molar-refractivity contribution in [2.45, 2.75) is 13.8 Å². The SMILES string of the molecule is Cc1ccc(C(=O)NCCNCC(C)C(N)=NO)cc1. The Morgan fingerprint density at radius 1 is 1.35 bits per heavy atom. The maximum atomic E-state index is 11.8. The molecule has 0 fully saturated rings. The summed E-state index contributed by atoms with van der Waals surface area (Å²) in [4.78, 5) is 11.8. The minimum Gasteiger partial charge on any atom is -0.409 e. The topological polar surface area (TPSA) is 99.7 Å². The van der Waals surface area contributed by atoms with E-state index in [0.717, 1.165) is 5.56 Å². The first-order valence-electron chi connectivity index (χ1n) is 6.57. The highest BCUT2D eigenvalue weighted by atomic mass is 16.4. The summed E-state index contributed by atoms with van der Waals surface area (Å²) in [5, 5.41) is 17.4. The molecule has 0 aromatic heterocycles. The van der Waals surface area contributed by atoms with E-state index >= 15 is 0 Å². The van der Waals surface area contributed by atoms with Crippen LogP contribution in [-0.4, -0.2) is 36.6 Å². The normalized spacial score (nSPS) is 13.0. The van der Waals surface area contributed by atoms with Crippen molar-refractivity contribution < 1.29 is 10.0 Å². The molecule has 0 aliphatic heterocycles. The lowest BCUT2D eigenvalue weighted by Crippen LogP contribution is -2.36. The second kappa shape index (κ2) is 8.16. The summed E-state index contributed by atoms with van der Waals surface area (Å²) in [7, 11) is 0. The number of amidine groups is 1. The zero-order chi connectivity index (χ0) is 15.0. The molecule has 1 aromatic carbocycles. The second-order valence-corrected chi connectivity index (χ2v) is 4.75. The van der Waals surface area contributed by atoms with Gasteiger partial charge in [0.1, 0.15) is 5.84 Å². The second-order valence-electron chi connectivity index (χ2n) is 4.75.